The highest BCUT2D eigenvalue weighted by atomic mass is 35.5. The zero-order valence-corrected chi connectivity index (χ0v) is 12.3. The predicted molar refractivity (Wildman–Crippen MR) is 75.3 cm³/mol. The number of morpholine rings is 1. The summed E-state index contributed by atoms with van der Waals surface area (Å²) in [6.07, 6.45) is 0. The molecule has 0 saturated carbocycles. The first-order valence-corrected chi connectivity index (χ1v) is 6.83. The molecule has 2 rings (SSSR count). The molecule has 1 aliphatic rings. The number of ether oxygens (including phenoxy) is 3. The molecule has 0 aromatic heterocycles. The molecule has 0 spiro atoms. The molecule has 0 aliphatic carbocycles. The summed E-state index contributed by atoms with van der Waals surface area (Å²) >= 11 is 5.84. The zero-order chi connectivity index (χ0) is 15.2. The molecule has 0 N–H and O–H groups in total. The quantitative estimate of drug-likeness (QED) is 0.779. The Morgan fingerprint density at radius 1 is 1.48 bits per heavy atom. The minimum Gasteiger partial charge on any atom is -0.484 e. The van der Waals surface area contributed by atoms with Gasteiger partial charge in [-0.2, -0.15) is 0 Å². The number of rotatable bonds is 4. The average Bonchev–Trinajstić information content (AvgIpc) is 2.52. The highest BCUT2D eigenvalue weighted by Gasteiger charge is 2.33. The van der Waals surface area contributed by atoms with Crippen LogP contribution in [0.25, 0.3) is 0 Å². The first kappa shape index (κ1) is 15.6. The summed E-state index contributed by atoms with van der Waals surface area (Å²) in [5, 5.41) is 0.527. The van der Waals surface area contributed by atoms with Crippen LogP contribution < -0.4 is 4.74 Å². The highest BCUT2D eigenvalue weighted by molar-refractivity contribution is 6.30. The fraction of sp³-hybridized carbons (Fsp3) is 0.429. The average molecular weight is 314 g/mol. The molecule has 114 valence electrons. The van der Waals surface area contributed by atoms with Gasteiger partial charge in [-0.05, 0) is 18.2 Å². The maximum absolute atomic E-state index is 12.2. The van der Waals surface area contributed by atoms with E-state index in [4.69, 9.17) is 21.1 Å². The molecule has 1 atom stereocenters. The van der Waals surface area contributed by atoms with Crippen LogP contribution in [0.3, 0.4) is 0 Å². The van der Waals surface area contributed by atoms with Crippen molar-refractivity contribution in [2.45, 2.75) is 6.04 Å². The lowest BCUT2D eigenvalue weighted by molar-refractivity contribution is -0.161. The van der Waals surface area contributed by atoms with Gasteiger partial charge in [0.2, 0.25) is 0 Å². The minimum absolute atomic E-state index is 0.135. The molecule has 1 aromatic carbocycles. The fourth-order valence-electron chi connectivity index (χ4n) is 2.02. The third kappa shape index (κ3) is 4.09. The third-order valence-electron chi connectivity index (χ3n) is 3.08. The van der Waals surface area contributed by atoms with Crippen LogP contribution >= 0.6 is 11.6 Å². The van der Waals surface area contributed by atoms with E-state index in [1.807, 2.05) is 0 Å². The van der Waals surface area contributed by atoms with Gasteiger partial charge in [0.25, 0.3) is 5.91 Å². The lowest BCUT2D eigenvalue weighted by Crippen LogP contribution is -2.54. The maximum atomic E-state index is 12.2. The van der Waals surface area contributed by atoms with Gasteiger partial charge < -0.3 is 19.1 Å². The molecule has 1 saturated heterocycles. The number of carbonyl (C=O) groups is 2. The second kappa shape index (κ2) is 7.28. The number of hydrogen-bond acceptors (Lipinski definition) is 5. The molecule has 0 radical (unpaired) electrons. The SMILES string of the molecule is COC(=O)C1COCCN1C(=O)COc1cccc(Cl)c1. The summed E-state index contributed by atoms with van der Waals surface area (Å²) in [5.74, 6) is -0.293. The Labute approximate surface area is 127 Å². The predicted octanol–water partition coefficient (Wildman–Crippen LogP) is 1.12. The zero-order valence-electron chi connectivity index (χ0n) is 11.6. The van der Waals surface area contributed by atoms with Crippen molar-refractivity contribution in [2.24, 2.45) is 0 Å². The summed E-state index contributed by atoms with van der Waals surface area (Å²) in [5.41, 5.74) is 0. The second-order valence-corrected chi connectivity index (χ2v) is 4.88. The molecule has 6 nitrogen and oxygen atoms in total. The Balaban J connectivity index is 1.96. The molecule has 0 bridgehead atoms. The fourth-order valence-corrected chi connectivity index (χ4v) is 2.20. The van der Waals surface area contributed by atoms with Crippen molar-refractivity contribution in [1.82, 2.24) is 4.90 Å². The smallest absolute Gasteiger partial charge is 0.331 e. The van der Waals surface area contributed by atoms with Crippen LogP contribution in [0, 0.1) is 0 Å². The summed E-state index contributed by atoms with van der Waals surface area (Å²) in [4.78, 5) is 25.3. The van der Waals surface area contributed by atoms with Crippen LogP contribution in [0.15, 0.2) is 24.3 Å². The van der Waals surface area contributed by atoms with E-state index in [-0.39, 0.29) is 19.1 Å². The van der Waals surface area contributed by atoms with Crippen molar-refractivity contribution in [3.8, 4) is 5.75 Å². The van der Waals surface area contributed by atoms with Crippen LogP contribution in [0.5, 0.6) is 5.75 Å². The summed E-state index contributed by atoms with van der Waals surface area (Å²) in [6, 6.07) is 6.04. The molecule has 1 heterocycles. The van der Waals surface area contributed by atoms with Gasteiger partial charge in [0.05, 0.1) is 20.3 Å². The van der Waals surface area contributed by atoms with Gasteiger partial charge in [-0.1, -0.05) is 17.7 Å². The number of carbonyl (C=O) groups excluding carboxylic acids is 2. The van der Waals surface area contributed by atoms with Crippen molar-refractivity contribution >= 4 is 23.5 Å². The number of methoxy groups -OCH3 is 1. The minimum atomic E-state index is -0.723. The van der Waals surface area contributed by atoms with E-state index in [9.17, 15) is 9.59 Å². The Kier molecular flexibility index (Phi) is 5.41. The van der Waals surface area contributed by atoms with Crippen LogP contribution in [0.2, 0.25) is 5.02 Å². The molecule has 1 amide bonds. The lowest BCUT2D eigenvalue weighted by Gasteiger charge is -2.33. The van der Waals surface area contributed by atoms with Crippen molar-refractivity contribution in [1.29, 1.82) is 0 Å². The van der Waals surface area contributed by atoms with Crippen LogP contribution in [-0.4, -0.2) is 56.3 Å². The van der Waals surface area contributed by atoms with Gasteiger partial charge >= 0.3 is 5.97 Å². The normalized spacial score (nSPS) is 18.2. The van der Waals surface area contributed by atoms with Crippen molar-refractivity contribution in [2.75, 3.05) is 33.5 Å². The third-order valence-corrected chi connectivity index (χ3v) is 3.32. The molecule has 1 aliphatic heterocycles. The van der Waals surface area contributed by atoms with Crippen LogP contribution in [0.4, 0.5) is 0 Å². The van der Waals surface area contributed by atoms with E-state index in [2.05, 4.69) is 4.74 Å². The highest BCUT2D eigenvalue weighted by Crippen LogP contribution is 2.17. The van der Waals surface area contributed by atoms with Gasteiger partial charge in [-0.3, -0.25) is 4.79 Å². The van der Waals surface area contributed by atoms with Crippen molar-refractivity contribution in [3.63, 3.8) is 0 Å². The molecule has 1 unspecified atom stereocenters. The van der Waals surface area contributed by atoms with Crippen LogP contribution in [-0.2, 0) is 19.1 Å². The number of hydrogen-bond donors (Lipinski definition) is 0. The Hall–Kier alpha value is -1.79. The Bertz CT molecular complexity index is 522. The molecule has 1 aromatic rings. The Morgan fingerprint density at radius 3 is 3.00 bits per heavy atom. The molecule has 7 heteroatoms. The first-order valence-electron chi connectivity index (χ1n) is 6.45. The second-order valence-electron chi connectivity index (χ2n) is 4.45. The van der Waals surface area contributed by atoms with E-state index in [1.165, 1.54) is 12.0 Å². The van der Waals surface area contributed by atoms with Gasteiger partial charge in [-0.25, -0.2) is 4.79 Å². The first-order chi connectivity index (χ1) is 10.1. The number of halogens is 1. The number of amides is 1. The van der Waals surface area contributed by atoms with Crippen molar-refractivity contribution < 1.29 is 23.8 Å². The lowest BCUT2D eigenvalue weighted by atomic mass is 10.2. The van der Waals surface area contributed by atoms with Crippen molar-refractivity contribution in [3.05, 3.63) is 29.3 Å². The van der Waals surface area contributed by atoms with E-state index < -0.39 is 12.0 Å². The van der Waals surface area contributed by atoms with Crippen LogP contribution in [0.1, 0.15) is 0 Å². The maximum Gasteiger partial charge on any atom is 0.331 e. The number of benzene rings is 1. The molecular formula is C14H16ClNO5. The van der Waals surface area contributed by atoms with E-state index >= 15 is 0 Å². The van der Waals surface area contributed by atoms with Gasteiger partial charge in [0.15, 0.2) is 12.6 Å². The van der Waals surface area contributed by atoms with E-state index in [1.54, 1.807) is 24.3 Å². The monoisotopic (exact) mass is 313 g/mol. The number of nitrogens with zero attached hydrogens (tertiary/aromatic N) is 1. The number of esters is 1. The van der Waals surface area contributed by atoms with Gasteiger partial charge in [0.1, 0.15) is 5.75 Å². The van der Waals surface area contributed by atoms with E-state index in [0.29, 0.717) is 23.9 Å². The van der Waals surface area contributed by atoms with Gasteiger partial charge in [0, 0.05) is 11.6 Å². The summed E-state index contributed by atoms with van der Waals surface area (Å²) < 4.78 is 15.3. The van der Waals surface area contributed by atoms with Gasteiger partial charge in [-0.15, -0.1) is 0 Å². The summed E-state index contributed by atoms with van der Waals surface area (Å²) in [7, 11) is 1.28. The molecular weight excluding hydrogens is 298 g/mol. The van der Waals surface area contributed by atoms with E-state index in [0.717, 1.165) is 0 Å². The Morgan fingerprint density at radius 2 is 2.29 bits per heavy atom. The molecule has 21 heavy (non-hydrogen) atoms. The summed E-state index contributed by atoms with van der Waals surface area (Å²) in [6.45, 7) is 0.678. The standard InChI is InChI=1S/C14H16ClNO5/c1-19-14(18)12-8-20-6-5-16(12)13(17)9-21-11-4-2-3-10(15)7-11/h2-4,7,12H,5-6,8-9H2,1H3. The topological polar surface area (TPSA) is 65.1 Å². The molecule has 1 fully saturated rings. The largest absolute Gasteiger partial charge is 0.484 e.